The lowest BCUT2D eigenvalue weighted by atomic mass is 10.1. The van der Waals surface area contributed by atoms with Gasteiger partial charge in [0.2, 0.25) is 0 Å². The van der Waals surface area contributed by atoms with Gasteiger partial charge in [-0.15, -0.1) is 11.3 Å². The van der Waals surface area contributed by atoms with E-state index in [1.807, 2.05) is 42.5 Å². The Kier molecular flexibility index (Phi) is 6.01. The molecule has 138 valence electrons. The molecule has 0 unspecified atom stereocenters. The van der Waals surface area contributed by atoms with Gasteiger partial charge in [-0.05, 0) is 42.0 Å². The summed E-state index contributed by atoms with van der Waals surface area (Å²) in [7, 11) is 1.31. The summed E-state index contributed by atoms with van der Waals surface area (Å²) >= 11 is 1.46. The van der Waals surface area contributed by atoms with E-state index in [1.54, 1.807) is 24.3 Å². The predicted molar refractivity (Wildman–Crippen MR) is 104 cm³/mol. The maximum Gasteiger partial charge on any atom is 0.337 e. The van der Waals surface area contributed by atoms with E-state index in [0.717, 1.165) is 15.3 Å². The molecule has 5 nitrogen and oxygen atoms in total. The second-order valence-electron chi connectivity index (χ2n) is 5.87. The predicted octanol–water partition coefficient (Wildman–Crippen LogP) is 3.55. The summed E-state index contributed by atoms with van der Waals surface area (Å²) in [4.78, 5) is 25.5. The van der Waals surface area contributed by atoms with Crippen molar-refractivity contribution in [3.63, 3.8) is 0 Å². The number of methoxy groups -OCH3 is 1. The summed E-state index contributed by atoms with van der Waals surface area (Å²) < 4.78 is 4.64. The van der Waals surface area contributed by atoms with E-state index in [9.17, 15) is 14.7 Å². The topological polar surface area (TPSA) is 75.6 Å². The summed E-state index contributed by atoms with van der Waals surface area (Å²) in [6.07, 6.45) is -0.675. The molecule has 27 heavy (non-hydrogen) atoms. The fourth-order valence-electron chi connectivity index (χ4n) is 2.58. The number of carbonyl (C=O) groups is 2. The minimum atomic E-state index is -0.675. The number of aliphatic hydroxyl groups excluding tert-OH is 1. The van der Waals surface area contributed by atoms with Gasteiger partial charge in [0.1, 0.15) is 6.10 Å². The zero-order valence-electron chi connectivity index (χ0n) is 14.7. The number of hydrogen-bond acceptors (Lipinski definition) is 5. The minimum Gasteiger partial charge on any atom is -0.465 e. The number of amides is 1. The van der Waals surface area contributed by atoms with Gasteiger partial charge in [-0.3, -0.25) is 4.79 Å². The molecule has 0 spiro atoms. The van der Waals surface area contributed by atoms with E-state index in [-0.39, 0.29) is 5.91 Å². The lowest BCUT2D eigenvalue weighted by Crippen LogP contribution is -2.22. The van der Waals surface area contributed by atoms with Crippen molar-refractivity contribution >= 4 is 23.2 Å². The van der Waals surface area contributed by atoms with Crippen LogP contribution in [0.1, 0.15) is 42.1 Å². The van der Waals surface area contributed by atoms with Crippen molar-refractivity contribution in [2.45, 2.75) is 12.6 Å². The Hall–Kier alpha value is -2.96. The quantitative estimate of drug-likeness (QED) is 0.641. The smallest absolute Gasteiger partial charge is 0.337 e. The number of aliphatic hydroxyl groups is 1. The third-order valence-corrected chi connectivity index (χ3v) is 5.20. The number of thiophene rings is 1. The molecule has 3 aromatic rings. The Labute approximate surface area is 161 Å². The molecule has 0 radical (unpaired) electrons. The molecule has 0 saturated carbocycles. The van der Waals surface area contributed by atoms with Gasteiger partial charge in [0.05, 0.1) is 19.2 Å². The summed E-state index contributed by atoms with van der Waals surface area (Å²) in [5, 5.41) is 13.3. The van der Waals surface area contributed by atoms with E-state index in [2.05, 4.69) is 10.1 Å². The Bertz CT molecular complexity index is 919. The van der Waals surface area contributed by atoms with Crippen LogP contribution >= 0.6 is 11.3 Å². The first kappa shape index (κ1) is 18.8. The number of nitrogens with one attached hydrogen (secondary N) is 1. The van der Waals surface area contributed by atoms with Crippen LogP contribution in [0.3, 0.4) is 0 Å². The first-order valence-corrected chi connectivity index (χ1v) is 9.18. The molecule has 2 aromatic carbocycles. The van der Waals surface area contributed by atoms with E-state index in [4.69, 9.17) is 0 Å². The van der Waals surface area contributed by atoms with E-state index >= 15 is 0 Å². The molecule has 6 heteroatoms. The van der Waals surface area contributed by atoms with Crippen LogP contribution in [0.2, 0.25) is 0 Å². The average Bonchev–Trinajstić information content (AvgIpc) is 3.20. The van der Waals surface area contributed by atoms with Gasteiger partial charge >= 0.3 is 5.97 Å². The summed E-state index contributed by atoms with van der Waals surface area (Å²) in [5.74, 6) is -0.671. The second kappa shape index (κ2) is 8.62. The van der Waals surface area contributed by atoms with E-state index in [1.165, 1.54) is 18.4 Å². The Morgan fingerprint density at radius 1 is 1.00 bits per heavy atom. The highest BCUT2D eigenvalue weighted by Gasteiger charge is 2.13. The lowest BCUT2D eigenvalue weighted by molar-refractivity contribution is 0.0600. The Morgan fingerprint density at radius 3 is 2.33 bits per heavy atom. The highest BCUT2D eigenvalue weighted by Crippen LogP contribution is 2.28. The van der Waals surface area contributed by atoms with Gasteiger partial charge in [-0.1, -0.05) is 30.3 Å². The maximum atomic E-state index is 12.3. The van der Waals surface area contributed by atoms with Crippen molar-refractivity contribution in [2.75, 3.05) is 7.11 Å². The first-order chi connectivity index (χ1) is 13.1. The minimum absolute atomic E-state index is 0.232. The lowest BCUT2D eigenvalue weighted by Gasteiger charge is -2.08. The van der Waals surface area contributed by atoms with Crippen molar-refractivity contribution in [3.05, 3.63) is 93.2 Å². The van der Waals surface area contributed by atoms with Crippen LogP contribution in [-0.4, -0.2) is 24.1 Å². The average molecular weight is 381 g/mol. The molecule has 2 N–H and O–H groups in total. The van der Waals surface area contributed by atoms with Crippen LogP contribution in [0.25, 0.3) is 0 Å². The monoisotopic (exact) mass is 381 g/mol. The molecule has 0 aliphatic heterocycles. The molecule has 0 fully saturated rings. The molecule has 0 aliphatic carbocycles. The fraction of sp³-hybridized carbons (Fsp3) is 0.143. The molecule has 1 amide bonds. The van der Waals surface area contributed by atoms with Gasteiger partial charge in [0.15, 0.2) is 0 Å². The first-order valence-electron chi connectivity index (χ1n) is 8.36. The van der Waals surface area contributed by atoms with Crippen LogP contribution in [0.15, 0.2) is 66.7 Å². The normalized spacial score (nSPS) is 11.6. The van der Waals surface area contributed by atoms with Crippen LogP contribution in [0, 0.1) is 0 Å². The molecule has 1 atom stereocenters. The standard InChI is InChI=1S/C21H19NO4S/c1-26-21(25)16-9-7-15(8-10-16)20(24)22-13-17-11-12-18(27-17)19(23)14-5-3-2-4-6-14/h2-12,19,23H,13H2,1H3,(H,22,24)/t19-/m0/s1. The highest BCUT2D eigenvalue weighted by atomic mass is 32.1. The molecule has 0 aliphatic rings. The van der Waals surface area contributed by atoms with Crippen LogP contribution in [0.5, 0.6) is 0 Å². The highest BCUT2D eigenvalue weighted by molar-refractivity contribution is 7.12. The number of hydrogen-bond donors (Lipinski definition) is 2. The van der Waals surface area contributed by atoms with Gasteiger partial charge < -0.3 is 15.2 Å². The zero-order chi connectivity index (χ0) is 19.2. The summed E-state index contributed by atoms with van der Waals surface area (Å²) in [6.45, 7) is 0.365. The van der Waals surface area contributed by atoms with E-state index < -0.39 is 12.1 Å². The van der Waals surface area contributed by atoms with Crippen molar-refractivity contribution in [2.24, 2.45) is 0 Å². The number of rotatable bonds is 6. The SMILES string of the molecule is COC(=O)c1ccc(C(=O)NCc2ccc([C@@H](O)c3ccccc3)s2)cc1. The van der Waals surface area contributed by atoms with Gasteiger partial charge in [-0.25, -0.2) is 4.79 Å². The maximum absolute atomic E-state index is 12.3. The molecular formula is C21H19NO4S. The number of benzene rings is 2. The van der Waals surface area contributed by atoms with Crippen LogP contribution in [0.4, 0.5) is 0 Å². The molecule has 3 rings (SSSR count). The molecule has 0 saturated heterocycles. The van der Waals surface area contributed by atoms with Crippen molar-refractivity contribution in [1.29, 1.82) is 0 Å². The summed E-state index contributed by atoms with van der Waals surface area (Å²) in [6, 6.07) is 19.5. The van der Waals surface area contributed by atoms with Gasteiger partial charge in [0, 0.05) is 15.3 Å². The van der Waals surface area contributed by atoms with Crippen molar-refractivity contribution in [3.8, 4) is 0 Å². The fourth-order valence-corrected chi connectivity index (χ4v) is 3.55. The summed E-state index contributed by atoms with van der Waals surface area (Å²) in [5.41, 5.74) is 1.69. The second-order valence-corrected chi connectivity index (χ2v) is 7.07. The zero-order valence-corrected chi connectivity index (χ0v) is 15.5. The number of esters is 1. The largest absolute Gasteiger partial charge is 0.465 e. The van der Waals surface area contributed by atoms with Crippen molar-refractivity contribution < 1.29 is 19.4 Å². The molecule has 1 heterocycles. The van der Waals surface area contributed by atoms with Crippen LogP contribution in [-0.2, 0) is 11.3 Å². The third-order valence-electron chi connectivity index (χ3n) is 4.06. The van der Waals surface area contributed by atoms with Gasteiger partial charge in [0.25, 0.3) is 5.91 Å². The molecule has 0 bridgehead atoms. The van der Waals surface area contributed by atoms with E-state index in [0.29, 0.717) is 17.7 Å². The number of ether oxygens (including phenoxy) is 1. The third kappa shape index (κ3) is 4.61. The van der Waals surface area contributed by atoms with Gasteiger partial charge in [-0.2, -0.15) is 0 Å². The Morgan fingerprint density at radius 2 is 1.67 bits per heavy atom. The Balaban J connectivity index is 1.59. The van der Waals surface area contributed by atoms with Crippen LogP contribution < -0.4 is 5.32 Å². The molecular weight excluding hydrogens is 362 g/mol. The van der Waals surface area contributed by atoms with Crippen molar-refractivity contribution in [1.82, 2.24) is 5.32 Å². The molecule has 1 aromatic heterocycles. The number of carbonyl (C=O) groups excluding carboxylic acids is 2.